The van der Waals surface area contributed by atoms with Gasteiger partial charge in [0.2, 0.25) is 0 Å². The van der Waals surface area contributed by atoms with Crippen LogP contribution in [0.4, 0.5) is 0 Å². The molecule has 12 heavy (non-hydrogen) atoms. The fraction of sp³-hybridized carbons (Fsp3) is 0.500. The van der Waals surface area contributed by atoms with Gasteiger partial charge in [-0.3, -0.25) is 0 Å². The van der Waals surface area contributed by atoms with Gasteiger partial charge in [0.15, 0.2) is 0 Å². The third-order valence-corrected chi connectivity index (χ3v) is 2.41. The molecule has 0 spiro atoms. The van der Waals surface area contributed by atoms with Crippen LogP contribution < -0.4 is 26.9 Å². The number of furan rings is 1. The Labute approximate surface area is 83.3 Å². The van der Waals surface area contributed by atoms with Gasteiger partial charge in [-0.25, -0.2) is 0 Å². The number of alkyl halides is 1. The SMILES string of the molecule is C[I-]OCCNCc1ccco1. The van der Waals surface area contributed by atoms with E-state index in [9.17, 15) is 0 Å². The molecule has 1 N–H and O–H groups in total. The summed E-state index contributed by atoms with van der Waals surface area (Å²) in [6, 6.07) is 3.85. The zero-order chi connectivity index (χ0) is 8.65. The summed E-state index contributed by atoms with van der Waals surface area (Å²) in [5.41, 5.74) is 0. The van der Waals surface area contributed by atoms with E-state index in [2.05, 4.69) is 10.2 Å². The van der Waals surface area contributed by atoms with E-state index in [0.29, 0.717) is 0 Å². The fourth-order valence-electron chi connectivity index (χ4n) is 0.813. The first-order valence-corrected chi connectivity index (χ1v) is 6.82. The Morgan fingerprint density at radius 2 is 2.58 bits per heavy atom. The third kappa shape index (κ3) is 4.08. The molecule has 1 aromatic heterocycles. The van der Waals surface area contributed by atoms with Gasteiger partial charge in [-0.15, -0.1) is 0 Å². The first kappa shape index (κ1) is 10.0. The molecule has 0 saturated carbocycles. The Morgan fingerprint density at radius 3 is 3.25 bits per heavy atom. The summed E-state index contributed by atoms with van der Waals surface area (Å²) in [5.74, 6) is 0.973. The Balaban J connectivity index is 1.96. The van der Waals surface area contributed by atoms with Crippen LogP contribution in [-0.4, -0.2) is 18.1 Å². The molecule has 70 valence electrons. The van der Waals surface area contributed by atoms with E-state index in [1.807, 2.05) is 12.1 Å². The summed E-state index contributed by atoms with van der Waals surface area (Å²) < 4.78 is 10.4. The van der Waals surface area contributed by atoms with E-state index in [1.54, 1.807) is 6.26 Å². The summed E-state index contributed by atoms with van der Waals surface area (Å²) >= 11 is -0.0196. The Bertz CT molecular complexity index is 189. The predicted octanol–water partition coefficient (Wildman–Crippen LogP) is -1.98. The number of hydrogen-bond donors (Lipinski definition) is 1. The van der Waals surface area contributed by atoms with Crippen LogP contribution in [-0.2, 0) is 9.61 Å². The monoisotopic (exact) mass is 282 g/mol. The van der Waals surface area contributed by atoms with E-state index >= 15 is 0 Å². The molecule has 0 aliphatic heterocycles. The van der Waals surface area contributed by atoms with Crippen molar-refractivity contribution in [2.75, 3.05) is 18.1 Å². The van der Waals surface area contributed by atoms with Crippen molar-refractivity contribution < 1.29 is 29.1 Å². The van der Waals surface area contributed by atoms with Crippen LogP contribution >= 0.6 is 0 Å². The molecule has 0 saturated heterocycles. The molecule has 3 nitrogen and oxygen atoms in total. The number of rotatable bonds is 6. The standard InChI is InChI=1S/C8H13INO2/c1-9-12-6-4-10-7-8-3-2-5-11-8/h2-3,5,10H,4,6-7H2,1H3/q-1. The fourth-order valence-corrected chi connectivity index (χ4v) is 1.47. The molecule has 0 unspecified atom stereocenters. The van der Waals surface area contributed by atoms with Crippen molar-refractivity contribution in [1.29, 1.82) is 0 Å². The average molecular weight is 282 g/mol. The summed E-state index contributed by atoms with van der Waals surface area (Å²) in [5, 5.41) is 3.22. The molecule has 1 aromatic rings. The van der Waals surface area contributed by atoms with Crippen LogP contribution in [0.25, 0.3) is 0 Å². The van der Waals surface area contributed by atoms with Gasteiger partial charge in [-0.05, 0) is 0 Å². The van der Waals surface area contributed by atoms with Gasteiger partial charge in [0.25, 0.3) is 0 Å². The van der Waals surface area contributed by atoms with Gasteiger partial charge < -0.3 is 0 Å². The third-order valence-electron chi connectivity index (χ3n) is 1.34. The molecule has 0 aromatic carbocycles. The van der Waals surface area contributed by atoms with Crippen LogP contribution in [0.3, 0.4) is 0 Å². The maximum absolute atomic E-state index is 5.27. The molecule has 0 amide bonds. The number of hydrogen-bond acceptors (Lipinski definition) is 3. The van der Waals surface area contributed by atoms with Gasteiger partial charge in [0.05, 0.1) is 0 Å². The van der Waals surface area contributed by atoms with E-state index in [0.717, 1.165) is 25.5 Å². The van der Waals surface area contributed by atoms with Gasteiger partial charge in [0.1, 0.15) is 0 Å². The van der Waals surface area contributed by atoms with Crippen LogP contribution in [0.1, 0.15) is 5.76 Å². The molecule has 4 heteroatoms. The first-order valence-electron chi connectivity index (χ1n) is 3.78. The Morgan fingerprint density at radius 1 is 1.67 bits per heavy atom. The van der Waals surface area contributed by atoms with Gasteiger partial charge in [-0.2, -0.15) is 0 Å². The van der Waals surface area contributed by atoms with Crippen molar-refractivity contribution in [3.8, 4) is 0 Å². The predicted molar refractivity (Wildman–Crippen MR) is 42.3 cm³/mol. The Hall–Kier alpha value is -0.0700. The second kappa shape index (κ2) is 6.45. The maximum atomic E-state index is 5.27. The molecule has 1 rings (SSSR count). The second-order valence-corrected chi connectivity index (χ2v) is 3.73. The van der Waals surface area contributed by atoms with Crippen molar-refractivity contribution >= 4 is 0 Å². The normalized spacial score (nSPS) is 10.8. The van der Waals surface area contributed by atoms with Crippen LogP contribution in [0, 0.1) is 0 Å². The summed E-state index contributed by atoms with van der Waals surface area (Å²) in [4.78, 5) is 2.10. The zero-order valence-electron chi connectivity index (χ0n) is 7.05. The van der Waals surface area contributed by atoms with Crippen LogP contribution in [0.2, 0.25) is 0 Å². The molecule has 0 atom stereocenters. The molecule has 1 heterocycles. The van der Waals surface area contributed by atoms with E-state index in [4.69, 9.17) is 7.48 Å². The topological polar surface area (TPSA) is 34.4 Å². The van der Waals surface area contributed by atoms with Crippen molar-refractivity contribution in [3.63, 3.8) is 0 Å². The minimum absolute atomic E-state index is 0.0196. The van der Waals surface area contributed by atoms with Gasteiger partial charge in [0, 0.05) is 0 Å². The quantitative estimate of drug-likeness (QED) is 0.373. The number of halogens is 1. The molecular formula is C8H13INO2-. The average Bonchev–Trinajstić information content (AvgIpc) is 2.57. The van der Waals surface area contributed by atoms with Crippen molar-refractivity contribution in [2.24, 2.45) is 0 Å². The van der Waals surface area contributed by atoms with Gasteiger partial charge in [-0.1, -0.05) is 0 Å². The Kier molecular flexibility index (Phi) is 5.38. The van der Waals surface area contributed by atoms with E-state index < -0.39 is 0 Å². The van der Waals surface area contributed by atoms with Crippen LogP contribution in [0.15, 0.2) is 22.8 Å². The molecule has 0 bridgehead atoms. The minimum atomic E-state index is -0.0196. The van der Waals surface area contributed by atoms with Gasteiger partial charge >= 0.3 is 83.2 Å². The molecule has 0 aliphatic rings. The van der Waals surface area contributed by atoms with Crippen molar-refractivity contribution in [2.45, 2.75) is 6.54 Å². The second-order valence-electron chi connectivity index (χ2n) is 2.22. The summed E-state index contributed by atoms with van der Waals surface area (Å²) in [6.07, 6.45) is 1.69. The molecule has 0 aliphatic carbocycles. The van der Waals surface area contributed by atoms with E-state index in [1.165, 1.54) is 0 Å². The van der Waals surface area contributed by atoms with Crippen LogP contribution in [0.5, 0.6) is 0 Å². The summed E-state index contributed by atoms with van der Waals surface area (Å²) in [6.45, 7) is 2.50. The molecule has 0 radical (unpaired) electrons. The molecular weight excluding hydrogens is 269 g/mol. The number of nitrogens with one attached hydrogen (secondary N) is 1. The van der Waals surface area contributed by atoms with Crippen molar-refractivity contribution in [3.05, 3.63) is 24.2 Å². The molecule has 0 fully saturated rings. The summed E-state index contributed by atoms with van der Waals surface area (Å²) in [7, 11) is 0. The zero-order valence-corrected chi connectivity index (χ0v) is 9.21. The first-order chi connectivity index (χ1) is 5.93. The van der Waals surface area contributed by atoms with Crippen molar-refractivity contribution in [1.82, 2.24) is 5.32 Å². The van der Waals surface area contributed by atoms with E-state index in [-0.39, 0.29) is 21.6 Å².